The minimum Gasteiger partial charge on any atom is -0.378 e. The number of anilines is 2. The van der Waals surface area contributed by atoms with Crippen molar-refractivity contribution in [3.63, 3.8) is 0 Å². The number of sulfonamides is 1. The van der Waals surface area contributed by atoms with E-state index in [1.165, 1.54) is 0 Å². The van der Waals surface area contributed by atoms with Gasteiger partial charge in [0.2, 0.25) is 0 Å². The molecule has 1 heterocycles. The van der Waals surface area contributed by atoms with Gasteiger partial charge in [-0.2, -0.15) is 0 Å². The molecule has 0 unspecified atom stereocenters. The SMILES string of the molecule is CN(C)c1ccc(S(=O)(=O)Nc2ccc(-c3cccc(Cl)c3)nn2)cc1. The van der Waals surface area contributed by atoms with E-state index in [4.69, 9.17) is 11.6 Å². The summed E-state index contributed by atoms with van der Waals surface area (Å²) in [5, 5.41) is 8.61. The zero-order valence-corrected chi connectivity index (χ0v) is 15.8. The first-order valence-corrected chi connectivity index (χ1v) is 9.61. The van der Waals surface area contributed by atoms with Gasteiger partial charge in [-0.05, 0) is 48.5 Å². The monoisotopic (exact) mass is 388 g/mol. The molecule has 134 valence electrons. The Morgan fingerprint density at radius 2 is 1.69 bits per heavy atom. The highest BCUT2D eigenvalue weighted by molar-refractivity contribution is 7.92. The molecule has 0 saturated carbocycles. The second kappa shape index (κ2) is 7.31. The van der Waals surface area contributed by atoms with Gasteiger partial charge < -0.3 is 4.90 Å². The number of nitrogens with zero attached hydrogens (tertiary/aromatic N) is 3. The highest BCUT2D eigenvalue weighted by atomic mass is 35.5. The van der Waals surface area contributed by atoms with E-state index in [-0.39, 0.29) is 10.7 Å². The molecule has 0 fully saturated rings. The zero-order chi connectivity index (χ0) is 18.7. The fourth-order valence-electron chi connectivity index (χ4n) is 2.31. The minimum absolute atomic E-state index is 0.146. The second-order valence-corrected chi connectivity index (χ2v) is 7.93. The summed E-state index contributed by atoms with van der Waals surface area (Å²) < 4.78 is 27.4. The fraction of sp³-hybridized carbons (Fsp3) is 0.111. The lowest BCUT2D eigenvalue weighted by Gasteiger charge is -2.13. The fourth-order valence-corrected chi connectivity index (χ4v) is 3.50. The van der Waals surface area contributed by atoms with Crippen molar-refractivity contribution in [3.05, 3.63) is 65.7 Å². The molecular formula is C18H17ClN4O2S. The van der Waals surface area contributed by atoms with E-state index in [1.807, 2.05) is 31.1 Å². The molecule has 1 aromatic heterocycles. The number of rotatable bonds is 5. The first-order chi connectivity index (χ1) is 12.3. The van der Waals surface area contributed by atoms with Crippen molar-refractivity contribution in [1.82, 2.24) is 10.2 Å². The molecule has 0 amide bonds. The van der Waals surface area contributed by atoms with E-state index in [0.717, 1.165) is 11.3 Å². The number of nitrogens with one attached hydrogen (secondary N) is 1. The zero-order valence-electron chi connectivity index (χ0n) is 14.2. The predicted molar refractivity (Wildman–Crippen MR) is 104 cm³/mol. The van der Waals surface area contributed by atoms with Gasteiger partial charge >= 0.3 is 0 Å². The Kier molecular flexibility index (Phi) is 5.11. The van der Waals surface area contributed by atoms with Crippen LogP contribution in [0.1, 0.15) is 0 Å². The summed E-state index contributed by atoms with van der Waals surface area (Å²) in [5.41, 5.74) is 2.32. The Labute approximate surface area is 157 Å². The number of halogens is 1. The van der Waals surface area contributed by atoms with Crippen LogP contribution in [-0.2, 0) is 10.0 Å². The van der Waals surface area contributed by atoms with Gasteiger partial charge in [-0.15, -0.1) is 10.2 Å². The number of aromatic nitrogens is 2. The minimum atomic E-state index is -3.73. The van der Waals surface area contributed by atoms with Gasteiger partial charge in [0, 0.05) is 30.4 Å². The molecule has 26 heavy (non-hydrogen) atoms. The molecule has 6 nitrogen and oxygen atoms in total. The molecule has 8 heteroatoms. The molecule has 0 aliphatic heterocycles. The lowest BCUT2D eigenvalue weighted by Crippen LogP contribution is -2.15. The highest BCUT2D eigenvalue weighted by Crippen LogP contribution is 2.22. The summed E-state index contributed by atoms with van der Waals surface area (Å²) in [5.74, 6) is 0.146. The van der Waals surface area contributed by atoms with Crippen molar-refractivity contribution in [2.24, 2.45) is 0 Å². The Morgan fingerprint density at radius 1 is 0.962 bits per heavy atom. The van der Waals surface area contributed by atoms with Crippen molar-refractivity contribution in [1.29, 1.82) is 0 Å². The normalized spacial score (nSPS) is 11.2. The topological polar surface area (TPSA) is 75.2 Å². The molecule has 3 rings (SSSR count). The Bertz CT molecular complexity index is 1000. The maximum Gasteiger partial charge on any atom is 0.263 e. The van der Waals surface area contributed by atoms with Crippen molar-refractivity contribution >= 4 is 33.1 Å². The van der Waals surface area contributed by atoms with Gasteiger partial charge in [-0.25, -0.2) is 8.42 Å². The Hall–Kier alpha value is -2.64. The largest absolute Gasteiger partial charge is 0.378 e. The van der Waals surface area contributed by atoms with Crippen molar-refractivity contribution < 1.29 is 8.42 Å². The van der Waals surface area contributed by atoms with Gasteiger partial charge in [-0.3, -0.25) is 4.72 Å². The molecule has 2 aromatic carbocycles. The van der Waals surface area contributed by atoms with Crippen LogP contribution in [0.2, 0.25) is 5.02 Å². The Balaban J connectivity index is 1.79. The van der Waals surface area contributed by atoms with E-state index in [1.54, 1.807) is 48.5 Å². The summed E-state index contributed by atoms with van der Waals surface area (Å²) in [6.07, 6.45) is 0. The average molecular weight is 389 g/mol. The van der Waals surface area contributed by atoms with E-state index >= 15 is 0 Å². The van der Waals surface area contributed by atoms with Gasteiger partial charge in [0.25, 0.3) is 10.0 Å². The maximum atomic E-state index is 12.5. The summed E-state index contributed by atoms with van der Waals surface area (Å²) in [6.45, 7) is 0. The summed E-state index contributed by atoms with van der Waals surface area (Å²) >= 11 is 5.97. The van der Waals surface area contributed by atoms with Crippen LogP contribution < -0.4 is 9.62 Å². The first-order valence-electron chi connectivity index (χ1n) is 7.75. The van der Waals surface area contributed by atoms with Gasteiger partial charge in [0.05, 0.1) is 10.6 Å². The summed E-state index contributed by atoms with van der Waals surface area (Å²) in [7, 11) is 0.0433. The molecule has 0 spiro atoms. The van der Waals surface area contributed by atoms with Crippen LogP contribution in [0.3, 0.4) is 0 Å². The molecule has 0 atom stereocenters. The standard InChI is InChI=1S/C18H17ClN4O2S/c1-23(2)15-6-8-16(9-7-15)26(24,25)22-18-11-10-17(20-21-18)13-4-3-5-14(19)12-13/h3-12H,1-2H3,(H,21,22). The van der Waals surface area contributed by atoms with Crippen molar-refractivity contribution in [3.8, 4) is 11.3 Å². The highest BCUT2D eigenvalue weighted by Gasteiger charge is 2.15. The van der Waals surface area contributed by atoms with Crippen molar-refractivity contribution in [2.75, 3.05) is 23.7 Å². The predicted octanol–water partition coefficient (Wildman–Crippen LogP) is 3.66. The molecule has 3 aromatic rings. The first kappa shape index (κ1) is 18.2. The Morgan fingerprint density at radius 3 is 2.27 bits per heavy atom. The van der Waals surface area contributed by atoms with Crippen molar-refractivity contribution in [2.45, 2.75) is 4.90 Å². The van der Waals surface area contributed by atoms with E-state index in [9.17, 15) is 8.42 Å². The van der Waals surface area contributed by atoms with Crippen LogP contribution in [0, 0.1) is 0 Å². The molecule has 0 aliphatic rings. The van der Waals surface area contributed by atoms with Crippen LogP contribution in [0.15, 0.2) is 65.6 Å². The molecular weight excluding hydrogens is 372 g/mol. The lowest BCUT2D eigenvalue weighted by molar-refractivity contribution is 0.601. The van der Waals surface area contributed by atoms with Gasteiger partial charge in [0.1, 0.15) is 0 Å². The maximum absolute atomic E-state index is 12.5. The molecule has 0 aliphatic carbocycles. The number of hydrogen-bond donors (Lipinski definition) is 1. The van der Waals surface area contributed by atoms with E-state index in [2.05, 4.69) is 14.9 Å². The van der Waals surface area contributed by atoms with E-state index < -0.39 is 10.0 Å². The third-order valence-electron chi connectivity index (χ3n) is 3.69. The third-order valence-corrected chi connectivity index (χ3v) is 5.29. The summed E-state index contributed by atoms with van der Waals surface area (Å²) in [6, 6.07) is 17.0. The third kappa shape index (κ3) is 4.12. The number of benzene rings is 2. The lowest BCUT2D eigenvalue weighted by atomic mass is 10.1. The molecule has 0 radical (unpaired) electrons. The second-order valence-electron chi connectivity index (χ2n) is 5.81. The van der Waals surface area contributed by atoms with E-state index in [0.29, 0.717) is 10.7 Å². The van der Waals surface area contributed by atoms with Crippen LogP contribution in [-0.4, -0.2) is 32.7 Å². The molecule has 0 bridgehead atoms. The smallest absolute Gasteiger partial charge is 0.263 e. The summed E-state index contributed by atoms with van der Waals surface area (Å²) in [4.78, 5) is 2.05. The number of hydrogen-bond acceptors (Lipinski definition) is 5. The van der Waals surface area contributed by atoms with Gasteiger partial charge in [-0.1, -0.05) is 23.7 Å². The quantitative estimate of drug-likeness (QED) is 0.721. The molecule has 1 N–H and O–H groups in total. The average Bonchev–Trinajstić information content (AvgIpc) is 2.62. The van der Waals surface area contributed by atoms with Crippen LogP contribution in [0.25, 0.3) is 11.3 Å². The van der Waals surface area contributed by atoms with Crippen LogP contribution in [0.5, 0.6) is 0 Å². The van der Waals surface area contributed by atoms with Crippen LogP contribution in [0.4, 0.5) is 11.5 Å². The molecule has 0 saturated heterocycles. The van der Waals surface area contributed by atoms with Crippen LogP contribution >= 0.6 is 11.6 Å². The van der Waals surface area contributed by atoms with Gasteiger partial charge in [0.15, 0.2) is 5.82 Å².